The van der Waals surface area contributed by atoms with Crippen LogP contribution in [-0.2, 0) is 11.3 Å². The van der Waals surface area contributed by atoms with Crippen molar-refractivity contribution in [1.29, 1.82) is 0 Å². The Hall–Kier alpha value is -2.11. The average Bonchev–Trinajstić information content (AvgIpc) is 2.42. The summed E-state index contributed by atoms with van der Waals surface area (Å²) >= 11 is 0. The molecular weight excluding hydrogens is 246 g/mol. The van der Waals surface area contributed by atoms with Crippen LogP contribution in [0.1, 0.15) is 25.8 Å². The molecule has 0 aliphatic heterocycles. The second-order valence-corrected chi connectivity index (χ2v) is 4.30. The van der Waals surface area contributed by atoms with Gasteiger partial charge in [-0.1, -0.05) is 13.0 Å². The molecule has 0 saturated heterocycles. The molecule has 0 saturated carbocycles. The lowest BCUT2D eigenvalue weighted by Crippen LogP contribution is -2.47. The van der Waals surface area contributed by atoms with Crippen LogP contribution in [0.25, 0.3) is 0 Å². The van der Waals surface area contributed by atoms with Crippen molar-refractivity contribution in [3.8, 4) is 0 Å². The molecular formula is C13H19N3O3. The predicted molar refractivity (Wildman–Crippen MR) is 70.6 cm³/mol. The highest BCUT2D eigenvalue weighted by atomic mass is 16.4. The van der Waals surface area contributed by atoms with Crippen molar-refractivity contribution in [2.24, 2.45) is 0 Å². The van der Waals surface area contributed by atoms with Gasteiger partial charge in [-0.15, -0.1) is 0 Å². The molecule has 2 N–H and O–H groups in total. The fraction of sp³-hybridized carbons (Fsp3) is 0.462. The van der Waals surface area contributed by atoms with Crippen LogP contribution in [0.3, 0.4) is 0 Å². The SMILES string of the molecule is CCC(C)N(CC(=O)O)C(=O)NCc1cccnc1. The molecule has 1 aromatic rings. The number of hydrogen-bond acceptors (Lipinski definition) is 3. The molecule has 6 heteroatoms. The van der Waals surface area contributed by atoms with Crippen molar-refractivity contribution in [1.82, 2.24) is 15.2 Å². The molecule has 0 spiro atoms. The zero-order chi connectivity index (χ0) is 14.3. The monoisotopic (exact) mass is 265 g/mol. The normalized spacial score (nSPS) is 11.7. The van der Waals surface area contributed by atoms with Crippen LogP contribution in [0.4, 0.5) is 4.79 Å². The van der Waals surface area contributed by atoms with Crippen LogP contribution in [0, 0.1) is 0 Å². The lowest BCUT2D eigenvalue weighted by atomic mass is 10.2. The molecule has 0 aliphatic rings. The fourth-order valence-corrected chi connectivity index (χ4v) is 1.58. The highest BCUT2D eigenvalue weighted by molar-refractivity contribution is 5.80. The minimum Gasteiger partial charge on any atom is -0.480 e. The molecule has 6 nitrogen and oxygen atoms in total. The first-order valence-electron chi connectivity index (χ1n) is 6.19. The maximum atomic E-state index is 12.0. The molecule has 1 atom stereocenters. The Morgan fingerprint density at radius 2 is 2.26 bits per heavy atom. The number of aromatic nitrogens is 1. The summed E-state index contributed by atoms with van der Waals surface area (Å²) in [5.74, 6) is -1.02. The molecule has 1 unspecified atom stereocenters. The number of pyridine rings is 1. The number of carbonyl (C=O) groups excluding carboxylic acids is 1. The van der Waals surface area contributed by atoms with Gasteiger partial charge in [-0.2, -0.15) is 0 Å². The van der Waals surface area contributed by atoms with E-state index in [0.29, 0.717) is 13.0 Å². The molecule has 19 heavy (non-hydrogen) atoms. The maximum Gasteiger partial charge on any atom is 0.323 e. The molecule has 0 fully saturated rings. The summed E-state index contributed by atoms with van der Waals surface area (Å²) < 4.78 is 0. The first-order valence-corrected chi connectivity index (χ1v) is 6.19. The van der Waals surface area contributed by atoms with E-state index in [1.807, 2.05) is 19.9 Å². The van der Waals surface area contributed by atoms with E-state index in [1.165, 1.54) is 4.90 Å². The number of nitrogens with one attached hydrogen (secondary N) is 1. The smallest absolute Gasteiger partial charge is 0.323 e. The van der Waals surface area contributed by atoms with Gasteiger partial charge >= 0.3 is 12.0 Å². The molecule has 0 radical (unpaired) electrons. The number of carbonyl (C=O) groups is 2. The molecule has 2 amide bonds. The Bertz CT molecular complexity index is 422. The van der Waals surface area contributed by atoms with Crippen LogP contribution in [0.5, 0.6) is 0 Å². The zero-order valence-corrected chi connectivity index (χ0v) is 11.2. The lowest BCUT2D eigenvalue weighted by molar-refractivity contribution is -0.138. The van der Waals surface area contributed by atoms with E-state index in [4.69, 9.17) is 5.11 Å². The van der Waals surface area contributed by atoms with Crippen LogP contribution in [0.2, 0.25) is 0 Å². The Labute approximate surface area is 112 Å². The highest BCUT2D eigenvalue weighted by Gasteiger charge is 2.21. The second-order valence-electron chi connectivity index (χ2n) is 4.30. The Kier molecular flexibility index (Phi) is 5.78. The van der Waals surface area contributed by atoms with Gasteiger partial charge in [-0.05, 0) is 25.0 Å². The quantitative estimate of drug-likeness (QED) is 0.816. The van der Waals surface area contributed by atoms with E-state index >= 15 is 0 Å². The van der Waals surface area contributed by atoms with Gasteiger partial charge in [-0.3, -0.25) is 9.78 Å². The van der Waals surface area contributed by atoms with Crippen molar-refractivity contribution < 1.29 is 14.7 Å². The van der Waals surface area contributed by atoms with Gasteiger partial charge in [0.25, 0.3) is 0 Å². The van der Waals surface area contributed by atoms with Gasteiger partial charge < -0.3 is 15.3 Å². The van der Waals surface area contributed by atoms with E-state index in [9.17, 15) is 9.59 Å². The minimum absolute atomic E-state index is 0.120. The first-order chi connectivity index (χ1) is 9.04. The largest absolute Gasteiger partial charge is 0.480 e. The molecule has 0 aromatic carbocycles. The van der Waals surface area contributed by atoms with Crippen molar-refractivity contribution in [3.05, 3.63) is 30.1 Å². The Morgan fingerprint density at radius 1 is 1.53 bits per heavy atom. The summed E-state index contributed by atoms with van der Waals surface area (Å²) in [7, 11) is 0. The third-order valence-electron chi connectivity index (χ3n) is 2.86. The van der Waals surface area contributed by atoms with Crippen molar-refractivity contribution in [2.75, 3.05) is 6.54 Å². The summed E-state index contributed by atoms with van der Waals surface area (Å²) in [4.78, 5) is 28.0. The number of urea groups is 1. The van der Waals surface area contributed by atoms with E-state index < -0.39 is 5.97 Å². The van der Waals surface area contributed by atoms with Gasteiger partial charge in [0, 0.05) is 25.0 Å². The third kappa shape index (κ3) is 4.95. The molecule has 1 heterocycles. The number of nitrogens with zero attached hydrogens (tertiary/aromatic N) is 2. The van der Waals surface area contributed by atoms with Gasteiger partial charge in [-0.25, -0.2) is 4.79 Å². The van der Waals surface area contributed by atoms with Crippen LogP contribution >= 0.6 is 0 Å². The topological polar surface area (TPSA) is 82.5 Å². The standard InChI is InChI=1S/C13H19N3O3/c1-3-10(2)16(9-12(17)18)13(19)15-8-11-5-4-6-14-7-11/h4-7,10H,3,8-9H2,1-2H3,(H,15,19)(H,17,18). The summed E-state index contributed by atoms with van der Waals surface area (Å²) in [5.41, 5.74) is 0.871. The van der Waals surface area contributed by atoms with Crippen LogP contribution in [0.15, 0.2) is 24.5 Å². The maximum absolute atomic E-state index is 12.0. The summed E-state index contributed by atoms with van der Waals surface area (Å²) in [6.45, 7) is 3.77. The van der Waals surface area contributed by atoms with Crippen LogP contribution in [-0.4, -0.2) is 39.6 Å². The van der Waals surface area contributed by atoms with Crippen LogP contribution < -0.4 is 5.32 Å². The number of carboxylic acid groups (broad SMARTS) is 1. The van der Waals surface area contributed by atoms with Gasteiger partial charge in [0.05, 0.1) is 0 Å². The second kappa shape index (κ2) is 7.35. The van der Waals surface area contributed by atoms with E-state index in [1.54, 1.807) is 18.5 Å². The number of aliphatic carboxylic acids is 1. The molecule has 0 aliphatic carbocycles. The minimum atomic E-state index is -1.02. The summed E-state index contributed by atoms with van der Waals surface area (Å²) in [6.07, 6.45) is 4.01. The number of hydrogen-bond donors (Lipinski definition) is 2. The van der Waals surface area contributed by atoms with Gasteiger partial charge in [0.1, 0.15) is 6.54 Å². The van der Waals surface area contributed by atoms with Gasteiger partial charge in [0.15, 0.2) is 0 Å². The fourth-order valence-electron chi connectivity index (χ4n) is 1.58. The molecule has 1 rings (SSSR count). The predicted octanol–water partition coefficient (Wildman–Crippen LogP) is 1.48. The van der Waals surface area contributed by atoms with Crippen molar-refractivity contribution in [2.45, 2.75) is 32.9 Å². The van der Waals surface area contributed by atoms with Crippen molar-refractivity contribution >= 4 is 12.0 Å². The Morgan fingerprint density at radius 3 is 2.79 bits per heavy atom. The number of rotatable bonds is 6. The van der Waals surface area contributed by atoms with Gasteiger partial charge in [0.2, 0.25) is 0 Å². The zero-order valence-electron chi connectivity index (χ0n) is 11.2. The number of carboxylic acids is 1. The third-order valence-corrected chi connectivity index (χ3v) is 2.86. The summed E-state index contributed by atoms with van der Waals surface area (Å²) in [5, 5.41) is 11.5. The van der Waals surface area contributed by atoms with E-state index in [0.717, 1.165) is 5.56 Å². The van der Waals surface area contributed by atoms with Crippen molar-refractivity contribution in [3.63, 3.8) is 0 Å². The molecule has 104 valence electrons. The first kappa shape index (κ1) is 14.9. The Balaban J connectivity index is 2.59. The average molecular weight is 265 g/mol. The molecule has 0 bridgehead atoms. The van der Waals surface area contributed by atoms with E-state index in [2.05, 4.69) is 10.3 Å². The highest BCUT2D eigenvalue weighted by Crippen LogP contribution is 2.04. The number of amides is 2. The van der Waals surface area contributed by atoms with E-state index in [-0.39, 0.29) is 18.6 Å². The molecule has 1 aromatic heterocycles. The summed E-state index contributed by atoms with van der Waals surface area (Å²) in [6, 6.07) is 3.13. The lowest BCUT2D eigenvalue weighted by Gasteiger charge is -2.27.